The summed E-state index contributed by atoms with van der Waals surface area (Å²) >= 11 is 0. The average Bonchev–Trinajstić information content (AvgIpc) is 2.90. The van der Waals surface area contributed by atoms with Gasteiger partial charge < -0.3 is 9.84 Å². The minimum absolute atomic E-state index is 0.0387. The van der Waals surface area contributed by atoms with Crippen molar-refractivity contribution in [1.82, 2.24) is 0 Å². The second kappa shape index (κ2) is 7.69. The number of aliphatic hydroxyl groups excluding tert-OH is 1. The quantitative estimate of drug-likeness (QED) is 0.794. The molecule has 24 heavy (non-hydrogen) atoms. The first-order valence-corrected chi connectivity index (χ1v) is 9.52. The van der Waals surface area contributed by atoms with Gasteiger partial charge in [0, 0.05) is 0 Å². The van der Waals surface area contributed by atoms with Crippen molar-refractivity contribution in [3.63, 3.8) is 0 Å². The third-order valence-electron chi connectivity index (χ3n) is 6.07. The van der Waals surface area contributed by atoms with E-state index in [1.165, 1.54) is 24.8 Å². The second-order valence-corrected chi connectivity index (χ2v) is 7.76. The number of carbonyl (C=O) groups excluding carboxylic acids is 1. The van der Waals surface area contributed by atoms with Crippen molar-refractivity contribution in [2.75, 3.05) is 0 Å². The van der Waals surface area contributed by atoms with Crippen LogP contribution in [-0.4, -0.2) is 23.3 Å². The Morgan fingerprint density at radius 3 is 2.33 bits per heavy atom. The van der Waals surface area contributed by atoms with Crippen LogP contribution in [0.4, 0.5) is 0 Å². The largest absolute Gasteiger partial charge is 0.462 e. The minimum atomic E-state index is -0.223. The summed E-state index contributed by atoms with van der Waals surface area (Å²) < 4.78 is 5.65. The van der Waals surface area contributed by atoms with E-state index in [0.717, 1.165) is 31.2 Å². The summed E-state index contributed by atoms with van der Waals surface area (Å²) in [5.41, 5.74) is 2.25. The molecule has 0 aliphatic heterocycles. The van der Waals surface area contributed by atoms with Gasteiger partial charge in [-0.25, -0.2) is 0 Å². The number of carbonyl (C=O) groups is 1. The standard InChI is InChI=1S/C21H30O3/c1-14(21(23)24-15(2)18-5-3-6-18)17-11-9-16(10-12-17)13-19-7-4-8-20(19)22/h9-12,14-15,18-20,22H,3-8,13H2,1-2H3/t14-,15?,19?,20-/m0/s1. The summed E-state index contributed by atoms with van der Waals surface area (Å²) in [4.78, 5) is 12.3. The summed E-state index contributed by atoms with van der Waals surface area (Å²) in [5.74, 6) is 0.606. The molecule has 2 unspecified atom stereocenters. The molecular weight excluding hydrogens is 300 g/mol. The van der Waals surface area contributed by atoms with Crippen LogP contribution in [0.5, 0.6) is 0 Å². The van der Waals surface area contributed by atoms with Crippen LogP contribution in [0.25, 0.3) is 0 Å². The second-order valence-electron chi connectivity index (χ2n) is 7.76. The summed E-state index contributed by atoms with van der Waals surface area (Å²) in [7, 11) is 0. The van der Waals surface area contributed by atoms with E-state index >= 15 is 0 Å². The molecule has 2 aliphatic carbocycles. The molecule has 3 rings (SSSR count). The van der Waals surface area contributed by atoms with E-state index in [4.69, 9.17) is 4.74 Å². The molecule has 3 nitrogen and oxygen atoms in total. The Hall–Kier alpha value is -1.35. The van der Waals surface area contributed by atoms with Gasteiger partial charge in [-0.1, -0.05) is 37.1 Å². The maximum Gasteiger partial charge on any atom is 0.313 e. The monoisotopic (exact) mass is 330 g/mol. The van der Waals surface area contributed by atoms with Gasteiger partial charge in [-0.3, -0.25) is 4.79 Å². The maximum absolute atomic E-state index is 12.3. The van der Waals surface area contributed by atoms with Crippen molar-refractivity contribution in [1.29, 1.82) is 0 Å². The summed E-state index contributed by atoms with van der Waals surface area (Å²) in [5, 5.41) is 9.96. The van der Waals surface area contributed by atoms with Gasteiger partial charge in [0.25, 0.3) is 0 Å². The molecule has 132 valence electrons. The number of benzene rings is 1. The van der Waals surface area contributed by atoms with Crippen molar-refractivity contribution < 1.29 is 14.6 Å². The normalized spacial score (nSPS) is 26.6. The van der Waals surface area contributed by atoms with E-state index in [-0.39, 0.29) is 24.1 Å². The fourth-order valence-corrected chi connectivity index (χ4v) is 3.93. The Labute approximate surface area is 145 Å². The topological polar surface area (TPSA) is 46.5 Å². The fourth-order valence-electron chi connectivity index (χ4n) is 3.93. The zero-order chi connectivity index (χ0) is 17.1. The maximum atomic E-state index is 12.3. The van der Waals surface area contributed by atoms with Crippen LogP contribution in [0.1, 0.15) is 69.4 Å². The van der Waals surface area contributed by atoms with Gasteiger partial charge in [-0.15, -0.1) is 0 Å². The highest BCUT2D eigenvalue weighted by atomic mass is 16.5. The number of hydrogen-bond donors (Lipinski definition) is 1. The molecule has 0 radical (unpaired) electrons. The zero-order valence-corrected chi connectivity index (χ0v) is 14.9. The lowest BCUT2D eigenvalue weighted by molar-refractivity contribution is -0.153. The van der Waals surface area contributed by atoms with E-state index in [1.807, 2.05) is 26.0 Å². The Balaban J connectivity index is 1.54. The van der Waals surface area contributed by atoms with Crippen LogP contribution in [0.2, 0.25) is 0 Å². The van der Waals surface area contributed by atoms with Gasteiger partial charge in [0.05, 0.1) is 12.0 Å². The van der Waals surface area contributed by atoms with Crippen LogP contribution in [0.15, 0.2) is 24.3 Å². The van der Waals surface area contributed by atoms with Crippen molar-refractivity contribution in [3.05, 3.63) is 35.4 Å². The number of rotatable bonds is 6. The van der Waals surface area contributed by atoms with Crippen LogP contribution in [0, 0.1) is 11.8 Å². The number of ether oxygens (including phenoxy) is 1. The van der Waals surface area contributed by atoms with Crippen molar-refractivity contribution in [2.24, 2.45) is 11.8 Å². The molecule has 2 saturated carbocycles. The van der Waals surface area contributed by atoms with Crippen LogP contribution in [-0.2, 0) is 16.0 Å². The Kier molecular flexibility index (Phi) is 5.60. The van der Waals surface area contributed by atoms with Gasteiger partial charge in [0.1, 0.15) is 6.10 Å². The van der Waals surface area contributed by atoms with Crippen LogP contribution in [0.3, 0.4) is 0 Å². The van der Waals surface area contributed by atoms with Gasteiger partial charge >= 0.3 is 5.97 Å². The van der Waals surface area contributed by atoms with Crippen LogP contribution < -0.4 is 0 Å². The molecule has 0 amide bonds. The van der Waals surface area contributed by atoms with E-state index in [0.29, 0.717) is 11.8 Å². The van der Waals surface area contributed by atoms with Crippen LogP contribution >= 0.6 is 0 Å². The summed E-state index contributed by atoms with van der Waals surface area (Å²) in [6.07, 6.45) is 7.64. The number of aliphatic hydroxyl groups is 1. The van der Waals surface area contributed by atoms with E-state index in [9.17, 15) is 9.90 Å². The molecule has 4 atom stereocenters. The molecule has 1 aromatic carbocycles. The lowest BCUT2D eigenvalue weighted by atomic mass is 9.81. The predicted octanol–water partition coefficient (Wildman–Crippen LogP) is 4.23. The lowest BCUT2D eigenvalue weighted by Crippen LogP contribution is -2.30. The molecule has 1 N–H and O–H groups in total. The highest BCUT2D eigenvalue weighted by Crippen LogP contribution is 2.32. The number of hydrogen-bond acceptors (Lipinski definition) is 3. The van der Waals surface area contributed by atoms with Crippen molar-refractivity contribution in [3.8, 4) is 0 Å². The SMILES string of the molecule is CC(OC(=O)[C@@H](C)c1ccc(CC2CCC[C@@H]2O)cc1)C1CCC1. The third kappa shape index (κ3) is 4.00. The zero-order valence-electron chi connectivity index (χ0n) is 14.9. The Bertz CT molecular complexity index is 547. The first-order valence-electron chi connectivity index (χ1n) is 9.52. The third-order valence-corrected chi connectivity index (χ3v) is 6.07. The molecule has 1 aromatic rings. The smallest absolute Gasteiger partial charge is 0.313 e. The van der Waals surface area contributed by atoms with E-state index < -0.39 is 0 Å². The van der Waals surface area contributed by atoms with Gasteiger partial charge in [-0.05, 0) is 68.9 Å². The van der Waals surface area contributed by atoms with Gasteiger partial charge in [-0.2, -0.15) is 0 Å². The first kappa shape index (κ1) is 17.5. The fraction of sp³-hybridized carbons (Fsp3) is 0.667. The highest BCUT2D eigenvalue weighted by molar-refractivity contribution is 5.77. The first-order chi connectivity index (χ1) is 11.5. The molecular formula is C21H30O3. The Morgan fingerprint density at radius 2 is 1.79 bits per heavy atom. The van der Waals surface area contributed by atoms with E-state index in [1.54, 1.807) is 0 Å². The predicted molar refractivity (Wildman–Crippen MR) is 94.8 cm³/mol. The van der Waals surface area contributed by atoms with Gasteiger partial charge in [0.2, 0.25) is 0 Å². The highest BCUT2D eigenvalue weighted by Gasteiger charge is 2.29. The molecule has 2 aliphatic rings. The molecule has 0 aromatic heterocycles. The number of esters is 1. The molecule has 3 heteroatoms. The summed E-state index contributed by atoms with van der Waals surface area (Å²) in [6, 6.07) is 8.27. The van der Waals surface area contributed by atoms with Crippen molar-refractivity contribution in [2.45, 2.75) is 76.9 Å². The lowest BCUT2D eigenvalue weighted by Gasteiger charge is -2.31. The van der Waals surface area contributed by atoms with E-state index in [2.05, 4.69) is 12.1 Å². The average molecular weight is 330 g/mol. The molecule has 2 fully saturated rings. The Morgan fingerprint density at radius 1 is 1.12 bits per heavy atom. The molecule has 0 spiro atoms. The minimum Gasteiger partial charge on any atom is -0.462 e. The molecule has 0 heterocycles. The molecule has 0 bridgehead atoms. The molecule has 0 saturated heterocycles. The van der Waals surface area contributed by atoms with Gasteiger partial charge in [0.15, 0.2) is 0 Å². The van der Waals surface area contributed by atoms with Crippen molar-refractivity contribution >= 4 is 5.97 Å². The summed E-state index contributed by atoms with van der Waals surface area (Å²) in [6.45, 7) is 3.94.